The van der Waals surface area contributed by atoms with Crippen molar-refractivity contribution < 1.29 is 4.79 Å². The third-order valence-electron chi connectivity index (χ3n) is 6.03. The van der Waals surface area contributed by atoms with E-state index in [1.165, 1.54) is 4.88 Å². The van der Waals surface area contributed by atoms with Crippen molar-refractivity contribution in [1.82, 2.24) is 9.78 Å². The summed E-state index contributed by atoms with van der Waals surface area (Å²) in [5, 5.41) is 18.0. The largest absolute Gasteiger partial charge is 0.316 e. The molecule has 2 heterocycles. The van der Waals surface area contributed by atoms with Crippen LogP contribution >= 0.6 is 27.3 Å². The van der Waals surface area contributed by atoms with Crippen LogP contribution in [0, 0.1) is 42.4 Å². The smallest absolute Gasteiger partial charge is 0.229 e. The minimum Gasteiger partial charge on any atom is -0.316 e. The predicted molar refractivity (Wildman–Crippen MR) is 121 cm³/mol. The maximum absolute atomic E-state index is 12.9. The lowest BCUT2D eigenvalue weighted by Gasteiger charge is -2.33. The van der Waals surface area contributed by atoms with Crippen LogP contribution in [0.25, 0.3) is 0 Å². The first-order valence-electron chi connectivity index (χ1n) is 10.1. The Hall–Kier alpha value is -1.65. The van der Waals surface area contributed by atoms with Crippen molar-refractivity contribution in [2.24, 2.45) is 17.3 Å². The number of thiophene rings is 1. The topological polar surface area (TPSA) is 70.7 Å². The summed E-state index contributed by atoms with van der Waals surface area (Å²) in [5.74, 6) is 0.274. The summed E-state index contributed by atoms with van der Waals surface area (Å²) in [6, 6.07) is 2.34. The summed E-state index contributed by atoms with van der Waals surface area (Å²) in [5.41, 5.74) is 3.98. The number of hydrogen-bond acceptors (Lipinski definition) is 4. The van der Waals surface area contributed by atoms with Crippen LogP contribution < -0.4 is 5.32 Å². The van der Waals surface area contributed by atoms with E-state index < -0.39 is 0 Å². The van der Waals surface area contributed by atoms with Gasteiger partial charge in [0, 0.05) is 10.6 Å². The minimum absolute atomic E-state index is 0.0730. The summed E-state index contributed by atoms with van der Waals surface area (Å²) < 4.78 is 2.85. The van der Waals surface area contributed by atoms with Crippen LogP contribution in [0.2, 0.25) is 0 Å². The number of nitriles is 1. The highest BCUT2D eigenvalue weighted by Gasteiger charge is 2.32. The summed E-state index contributed by atoms with van der Waals surface area (Å²) in [6.07, 6.45) is 3.00. The average molecular weight is 477 g/mol. The lowest BCUT2D eigenvalue weighted by atomic mass is 9.72. The second kappa shape index (κ2) is 8.23. The molecule has 2 aromatic heterocycles. The van der Waals surface area contributed by atoms with Gasteiger partial charge < -0.3 is 5.32 Å². The molecule has 0 aromatic carbocycles. The molecule has 1 amide bonds. The molecule has 5 nitrogen and oxygen atoms in total. The lowest BCUT2D eigenvalue weighted by molar-refractivity contribution is -0.119. The average Bonchev–Trinajstić information content (AvgIpc) is 3.11. The Labute approximate surface area is 185 Å². The van der Waals surface area contributed by atoms with E-state index in [4.69, 9.17) is 0 Å². The second-order valence-electron chi connectivity index (χ2n) is 9.18. The van der Waals surface area contributed by atoms with Gasteiger partial charge in [-0.15, -0.1) is 11.3 Å². The third kappa shape index (κ3) is 4.44. The van der Waals surface area contributed by atoms with Gasteiger partial charge in [-0.25, -0.2) is 0 Å². The first-order chi connectivity index (χ1) is 13.5. The Kier molecular flexibility index (Phi) is 6.26. The number of fused-ring (bicyclic) bond motifs is 1. The van der Waals surface area contributed by atoms with Gasteiger partial charge in [0.15, 0.2) is 0 Å². The fourth-order valence-corrected chi connectivity index (χ4v) is 5.53. The van der Waals surface area contributed by atoms with E-state index in [1.807, 2.05) is 25.5 Å². The molecular formula is C22H29BrN4OS. The molecule has 0 spiro atoms. The van der Waals surface area contributed by atoms with Gasteiger partial charge in [-0.3, -0.25) is 9.48 Å². The van der Waals surface area contributed by atoms with Gasteiger partial charge >= 0.3 is 0 Å². The summed E-state index contributed by atoms with van der Waals surface area (Å²) in [7, 11) is 0. The quantitative estimate of drug-likeness (QED) is 0.621. The van der Waals surface area contributed by atoms with E-state index in [2.05, 4.69) is 53.2 Å². The van der Waals surface area contributed by atoms with Gasteiger partial charge in [0.2, 0.25) is 5.91 Å². The molecule has 0 bridgehead atoms. The van der Waals surface area contributed by atoms with Crippen LogP contribution in [-0.4, -0.2) is 15.7 Å². The molecular weight excluding hydrogens is 448 g/mol. The zero-order valence-electron chi connectivity index (χ0n) is 18.0. The predicted octanol–water partition coefficient (Wildman–Crippen LogP) is 5.62. The highest BCUT2D eigenvalue weighted by atomic mass is 79.9. The molecule has 0 saturated carbocycles. The van der Waals surface area contributed by atoms with Crippen LogP contribution in [0.4, 0.5) is 5.00 Å². The number of anilines is 1. The molecule has 7 heteroatoms. The van der Waals surface area contributed by atoms with Crippen molar-refractivity contribution in [3.63, 3.8) is 0 Å². The zero-order valence-corrected chi connectivity index (χ0v) is 20.4. The number of aryl methyl sites for hydroxylation is 1. The van der Waals surface area contributed by atoms with E-state index in [0.717, 1.165) is 40.7 Å². The molecule has 2 atom stereocenters. The molecule has 1 aliphatic rings. The fourth-order valence-electron chi connectivity index (χ4n) is 3.96. The summed E-state index contributed by atoms with van der Waals surface area (Å²) >= 11 is 5.12. The number of carbonyl (C=O) groups is 1. The number of amides is 1. The number of aromatic nitrogens is 2. The Morgan fingerprint density at radius 1 is 1.45 bits per heavy atom. The number of carbonyl (C=O) groups excluding carboxylic acids is 1. The van der Waals surface area contributed by atoms with E-state index in [1.54, 1.807) is 11.3 Å². The molecule has 1 N–H and O–H groups in total. The van der Waals surface area contributed by atoms with Crippen molar-refractivity contribution in [3.8, 4) is 6.07 Å². The van der Waals surface area contributed by atoms with Crippen LogP contribution in [0.1, 0.15) is 61.5 Å². The molecule has 29 heavy (non-hydrogen) atoms. The molecule has 0 saturated heterocycles. The number of rotatable bonds is 4. The van der Waals surface area contributed by atoms with Crippen LogP contribution in [0.15, 0.2) is 4.47 Å². The van der Waals surface area contributed by atoms with Crippen LogP contribution in [-0.2, 0) is 24.2 Å². The molecule has 0 fully saturated rings. The van der Waals surface area contributed by atoms with Crippen LogP contribution in [0.3, 0.4) is 0 Å². The van der Waals surface area contributed by atoms with Crippen molar-refractivity contribution in [2.75, 3.05) is 5.32 Å². The number of nitrogens with zero attached hydrogens (tertiary/aromatic N) is 3. The molecule has 2 aromatic rings. The molecule has 0 radical (unpaired) electrons. The van der Waals surface area contributed by atoms with Crippen molar-refractivity contribution in [1.29, 1.82) is 5.26 Å². The Morgan fingerprint density at radius 2 is 2.14 bits per heavy atom. The Bertz CT molecular complexity index is 977. The third-order valence-corrected chi connectivity index (χ3v) is 8.34. The molecule has 0 unspecified atom stereocenters. The normalized spacial score (nSPS) is 17.5. The standard InChI is InChI=1S/C22H29BrN4OS/c1-12(11-27-14(3)19(23)13(2)26-27)20(28)25-21-17(10-24)16-8-7-15(22(4,5)6)9-18(16)29-21/h12,15H,7-9,11H2,1-6H3,(H,25,28)/t12-,15+/m0/s1. The van der Waals surface area contributed by atoms with Crippen molar-refractivity contribution in [2.45, 2.75) is 67.3 Å². The Morgan fingerprint density at radius 3 is 2.69 bits per heavy atom. The van der Waals surface area contributed by atoms with Gasteiger partial charge in [-0.1, -0.05) is 27.7 Å². The van der Waals surface area contributed by atoms with Gasteiger partial charge in [0.05, 0.1) is 28.2 Å². The van der Waals surface area contributed by atoms with Gasteiger partial charge in [0.25, 0.3) is 0 Å². The first kappa shape index (κ1) is 22.0. The minimum atomic E-state index is -0.257. The number of halogens is 1. The van der Waals surface area contributed by atoms with Crippen LogP contribution in [0.5, 0.6) is 0 Å². The molecule has 3 rings (SSSR count). The van der Waals surface area contributed by atoms with Gasteiger partial charge in [-0.2, -0.15) is 10.4 Å². The Balaban J connectivity index is 1.76. The second-order valence-corrected chi connectivity index (χ2v) is 11.1. The summed E-state index contributed by atoms with van der Waals surface area (Å²) in [4.78, 5) is 14.1. The highest BCUT2D eigenvalue weighted by Crippen LogP contribution is 2.44. The van der Waals surface area contributed by atoms with E-state index in [0.29, 0.717) is 23.0 Å². The van der Waals surface area contributed by atoms with Crippen molar-refractivity contribution >= 4 is 38.2 Å². The first-order valence-corrected chi connectivity index (χ1v) is 11.7. The lowest BCUT2D eigenvalue weighted by Crippen LogP contribution is -2.26. The van der Waals surface area contributed by atoms with Gasteiger partial charge in [-0.05, 0) is 65.9 Å². The van der Waals surface area contributed by atoms with Crippen molar-refractivity contribution in [3.05, 3.63) is 31.9 Å². The van der Waals surface area contributed by atoms with E-state index in [-0.39, 0.29) is 17.2 Å². The molecule has 0 aliphatic heterocycles. The maximum Gasteiger partial charge on any atom is 0.229 e. The zero-order chi connectivity index (χ0) is 21.5. The van der Waals surface area contributed by atoms with E-state index in [9.17, 15) is 10.1 Å². The monoisotopic (exact) mass is 476 g/mol. The van der Waals surface area contributed by atoms with E-state index >= 15 is 0 Å². The highest BCUT2D eigenvalue weighted by molar-refractivity contribution is 9.10. The number of hydrogen-bond donors (Lipinski definition) is 1. The SMILES string of the molecule is Cc1nn(C[C@H](C)C(=O)Nc2sc3c(c2C#N)CC[C@@H](C(C)(C)C)C3)c(C)c1Br. The summed E-state index contributed by atoms with van der Waals surface area (Å²) in [6.45, 7) is 13.2. The van der Waals surface area contributed by atoms with Gasteiger partial charge in [0.1, 0.15) is 11.1 Å². The number of nitrogens with one attached hydrogen (secondary N) is 1. The fraction of sp³-hybridized carbons (Fsp3) is 0.591. The molecule has 156 valence electrons. The molecule has 1 aliphatic carbocycles. The maximum atomic E-state index is 12.9.